The van der Waals surface area contributed by atoms with Crippen molar-refractivity contribution in [3.63, 3.8) is 0 Å². The summed E-state index contributed by atoms with van der Waals surface area (Å²) in [5.74, 6) is 1.11. The maximum Gasteiger partial charge on any atom is 0.0581 e. The highest BCUT2D eigenvalue weighted by Gasteiger charge is 2.14. The maximum atomic E-state index is 3.71. The average molecular weight is 301 g/mol. The first-order valence-corrected chi connectivity index (χ1v) is 8.72. The molecular weight excluding hydrogens is 274 g/mol. The van der Waals surface area contributed by atoms with Crippen LogP contribution in [0.2, 0.25) is 0 Å². The van der Waals surface area contributed by atoms with E-state index in [2.05, 4.69) is 76.5 Å². The molecule has 2 rings (SSSR count). The predicted octanol–water partition coefficient (Wildman–Crippen LogP) is 6.48. The van der Waals surface area contributed by atoms with Gasteiger partial charge in [-0.2, -0.15) is 0 Å². The van der Waals surface area contributed by atoms with Crippen LogP contribution in [0.1, 0.15) is 74.1 Å². The molecular formula is C19H27NS. The standard InChI is InChI=1S/C19H27NS/c1-12(2)16-7-8-18(17(11-16)13(3)4)20-15(6)19-14(5)9-10-21-19/h7-13,15,20H,1-6H3. The predicted molar refractivity (Wildman–Crippen MR) is 95.7 cm³/mol. The first-order chi connectivity index (χ1) is 9.90. The number of aryl methyl sites for hydroxylation is 1. The van der Waals surface area contributed by atoms with Crippen molar-refractivity contribution >= 4 is 17.0 Å². The average Bonchev–Trinajstić information content (AvgIpc) is 2.85. The number of benzene rings is 1. The number of hydrogen-bond acceptors (Lipinski definition) is 2. The summed E-state index contributed by atoms with van der Waals surface area (Å²) >= 11 is 1.84. The van der Waals surface area contributed by atoms with E-state index in [1.165, 1.54) is 27.3 Å². The molecule has 21 heavy (non-hydrogen) atoms. The van der Waals surface area contributed by atoms with Gasteiger partial charge in [-0.05, 0) is 59.9 Å². The first-order valence-electron chi connectivity index (χ1n) is 7.84. The third-order valence-electron chi connectivity index (χ3n) is 4.03. The van der Waals surface area contributed by atoms with Crippen molar-refractivity contribution in [2.24, 2.45) is 0 Å². The lowest BCUT2D eigenvalue weighted by Gasteiger charge is -2.21. The topological polar surface area (TPSA) is 12.0 Å². The summed E-state index contributed by atoms with van der Waals surface area (Å²) in [5, 5.41) is 5.89. The van der Waals surface area contributed by atoms with Crippen LogP contribution in [0, 0.1) is 6.92 Å². The van der Waals surface area contributed by atoms with Gasteiger partial charge in [0.1, 0.15) is 0 Å². The maximum absolute atomic E-state index is 3.71. The Labute approximate surface area is 133 Å². The molecule has 1 N–H and O–H groups in total. The van der Waals surface area contributed by atoms with Crippen molar-refractivity contribution in [3.8, 4) is 0 Å². The Morgan fingerprint density at radius 3 is 2.19 bits per heavy atom. The van der Waals surface area contributed by atoms with Gasteiger partial charge in [0, 0.05) is 10.6 Å². The zero-order valence-electron chi connectivity index (χ0n) is 14.0. The molecule has 0 aliphatic carbocycles. The van der Waals surface area contributed by atoms with E-state index in [1.807, 2.05) is 11.3 Å². The van der Waals surface area contributed by atoms with Gasteiger partial charge in [0.15, 0.2) is 0 Å². The minimum absolute atomic E-state index is 0.354. The molecule has 1 nitrogen and oxygen atoms in total. The van der Waals surface area contributed by atoms with E-state index in [0.29, 0.717) is 17.9 Å². The zero-order valence-corrected chi connectivity index (χ0v) is 14.8. The molecule has 0 saturated heterocycles. The second kappa shape index (κ2) is 6.65. The van der Waals surface area contributed by atoms with E-state index in [-0.39, 0.29) is 0 Å². The molecule has 0 aliphatic rings. The van der Waals surface area contributed by atoms with Gasteiger partial charge in [-0.25, -0.2) is 0 Å². The Hall–Kier alpha value is -1.28. The Morgan fingerprint density at radius 2 is 1.67 bits per heavy atom. The Balaban J connectivity index is 2.29. The number of hydrogen-bond donors (Lipinski definition) is 1. The van der Waals surface area contributed by atoms with Crippen LogP contribution in [0.5, 0.6) is 0 Å². The third-order valence-corrected chi connectivity index (χ3v) is 5.23. The summed E-state index contributed by atoms with van der Waals surface area (Å²) in [6.45, 7) is 13.5. The van der Waals surface area contributed by atoms with Gasteiger partial charge in [-0.3, -0.25) is 0 Å². The van der Waals surface area contributed by atoms with Crippen LogP contribution in [0.25, 0.3) is 0 Å². The Morgan fingerprint density at radius 1 is 0.952 bits per heavy atom. The van der Waals surface area contributed by atoms with E-state index in [1.54, 1.807) is 0 Å². The van der Waals surface area contributed by atoms with Crippen molar-refractivity contribution < 1.29 is 0 Å². The second-order valence-corrected chi connectivity index (χ2v) is 7.44. The van der Waals surface area contributed by atoms with Crippen LogP contribution >= 0.6 is 11.3 Å². The molecule has 0 saturated carbocycles. The molecule has 0 fully saturated rings. The van der Waals surface area contributed by atoms with Gasteiger partial charge in [0.2, 0.25) is 0 Å². The fourth-order valence-electron chi connectivity index (χ4n) is 2.68. The van der Waals surface area contributed by atoms with Crippen LogP contribution in [-0.2, 0) is 0 Å². The normalized spacial score (nSPS) is 13.0. The number of anilines is 1. The SMILES string of the molecule is Cc1ccsc1C(C)Nc1ccc(C(C)C)cc1C(C)C. The molecule has 0 amide bonds. The lowest BCUT2D eigenvalue weighted by atomic mass is 9.94. The van der Waals surface area contributed by atoms with Gasteiger partial charge in [-0.1, -0.05) is 39.8 Å². The number of nitrogens with one attached hydrogen (secondary N) is 1. The van der Waals surface area contributed by atoms with E-state index < -0.39 is 0 Å². The van der Waals surface area contributed by atoms with Gasteiger partial charge >= 0.3 is 0 Å². The molecule has 1 aromatic heterocycles. The Kier molecular flexibility index (Phi) is 5.10. The van der Waals surface area contributed by atoms with Crippen molar-refractivity contribution in [2.75, 3.05) is 5.32 Å². The molecule has 114 valence electrons. The lowest BCUT2D eigenvalue weighted by Crippen LogP contribution is -2.09. The highest BCUT2D eigenvalue weighted by Crippen LogP contribution is 2.32. The second-order valence-electron chi connectivity index (χ2n) is 6.49. The molecule has 1 unspecified atom stereocenters. The van der Waals surface area contributed by atoms with Crippen LogP contribution in [0.4, 0.5) is 5.69 Å². The van der Waals surface area contributed by atoms with E-state index in [0.717, 1.165) is 0 Å². The van der Waals surface area contributed by atoms with Gasteiger partial charge in [0.25, 0.3) is 0 Å². The highest BCUT2D eigenvalue weighted by atomic mass is 32.1. The fourth-order valence-corrected chi connectivity index (χ4v) is 3.61. The molecule has 2 aromatic rings. The van der Waals surface area contributed by atoms with E-state index in [4.69, 9.17) is 0 Å². The third kappa shape index (κ3) is 3.68. The smallest absolute Gasteiger partial charge is 0.0581 e. The summed E-state index contributed by atoms with van der Waals surface area (Å²) in [7, 11) is 0. The Bertz CT molecular complexity index is 595. The van der Waals surface area contributed by atoms with Crippen LogP contribution in [0.3, 0.4) is 0 Å². The van der Waals surface area contributed by atoms with Gasteiger partial charge < -0.3 is 5.32 Å². The molecule has 1 atom stereocenters. The van der Waals surface area contributed by atoms with Crippen LogP contribution in [0.15, 0.2) is 29.6 Å². The van der Waals surface area contributed by atoms with Crippen molar-refractivity contribution in [2.45, 2.75) is 59.4 Å². The quantitative estimate of drug-likeness (QED) is 0.666. The lowest BCUT2D eigenvalue weighted by molar-refractivity contribution is 0.824. The van der Waals surface area contributed by atoms with Gasteiger partial charge in [0.05, 0.1) is 6.04 Å². The summed E-state index contributed by atoms with van der Waals surface area (Å²) in [5.41, 5.74) is 5.49. The van der Waals surface area contributed by atoms with Crippen LogP contribution in [-0.4, -0.2) is 0 Å². The minimum Gasteiger partial charge on any atom is -0.377 e. The summed E-state index contributed by atoms with van der Waals surface area (Å²) in [6, 6.07) is 9.43. The van der Waals surface area contributed by atoms with Crippen LogP contribution < -0.4 is 5.32 Å². The van der Waals surface area contributed by atoms with Crippen molar-refractivity contribution in [3.05, 3.63) is 51.2 Å². The summed E-state index contributed by atoms with van der Waals surface area (Å²) in [6.07, 6.45) is 0. The minimum atomic E-state index is 0.354. The summed E-state index contributed by atoms with van der Waals surface area (Å²) < 4.78 is 0. The van der Waals surface area contributed by atoms with Gasteiger partial charge in [-0.15, -0.1) is 11.3 Å². The zero-order chi connectivity index (χ0) is 15.6. The first kappa shape index (κ1) is 16.1. The van der Waals surface area contributed by atoms with Crippen molar-refractivity contribution in [1.82, 2.24) is 0 Å². The number of rotatable bonds is 5. The summed E-state index contributed by atoms with van der Waals surface area (Å²) in [4.78, 5) is 1.43. The molecule has 0 bridgehead atoms. The fraction of sp³-hybridized carbons (Fsp3) is 0.474. The molecule has 0 spiro atoms. The monoisotopic (exact) mass is 301 g/mol. The molecule has 0 radical (unpaired) electrons. The molecule has 2 heteroatoms. The highest BCUT2D eigenvalue weighted by molar-refractivity contribution is 7.10. The molecule has 1 heterocycles. The van der Waals surface area contributed by atoms with E-state index in [9.17, 15) is 0 Å². The van der Waals surface area contributed by atoms with Crippen molar-refractivity contribution in [1.29, 1.82) is 0 Å². The largest absolute Gasteiger partial charge is 0.377 e. The van der Waals surface area contributed by atoms with E-state index >= 15 is 0 Å². The molecule has 0 aliphatic heterocycles. The number of thiophene rings is 1. The molecule has 1 aromatic carbocycles.